The number of hydrogen-bond donors (Lipinski definition) is 2. The predicted molar refractivity (Wildman–Crippen MR) is 150 cm³/mol. The molecule has 3 amide bonds. The van der Waals surface area contributed by atoms with Crippen LogP contribution in [0.5, 0.6) is 0 Å². The van der Waals surface area contributed by atoms with Crippen molar-refractivity contribution in [2.45, 2.75) is 71.7 Å². The number of ether oxygens (including phenoxy) is 1. The van der Waals surface area contributed by atoms with E-state index in [2.05, 4.69) is 17.6 Å². The van der Waals surface area contributed by atoms with Gasteiger partial charge in [-0.05, 0) is 81.0 Å². The molecule has 0 aromatic heterocycles. The molecule has 0 aliphatic heterocycles. The number of alkyl carbamates (subject to hydrolysis) is 1. The Morgan fingerprint density at radius 2 is 1.61 bits per heavy atom. The summed E-state index contributed by atoms with van der Waals surface area (Å²) in [5.74, 6) is -0.383. The molecule has 0 saturated heterocycles. The number of anilines is 1. The molecular weight excluding hydrogens is 478 g/mol. The van der Waals surface area contributed by atoms with Gasteiger partial charge in [-0.2, -0.15) is 0 Å². The SMILES string of the molecule is Cc1ccccc1C(C(=O)Nc1ccc2ccccc2c1)N(C(=O)C(C)NC(=O)OC(C)(C)C)C1CC1C. The van der Waals surface area contributed by atoms with Crippen LogP contribution in [-0.2, 0) is 14.3 Å². The van der Waals surface area contributed by atoms with Crippen molar-refractivity contribution in [3.05, 3.63) is 77.9 Å². The van der Waals surface area contributed by atoms with Crippen LogP contribution in [0.2, 0.25) is 0 Å². The number of benzene rings is 3. The summed E-state index contributed by atoms with van der Waals surface area (Å²) < 4.78 is 5.36. The molecule has 3 aromatic rings. The minimum atomic E-state index is -0.877. The molecule has 1 fully saturated rings. The fraction of sp³-hybridized carbons (Fsp3) is 0.387. The van der Waals surface area contributed by atoms with E-state index < -0.39 is 23.8 Å². The molecule has 4 unspecified atom stereocenters. The van der Waals surface area contributed by atoms with E-state index in [0.29, 0.717) is 5.69 Å². The molecule has 4 rings (SSSR count). The molecular formula is C31H37N3O4. The molecule has 0 spiro atoms. The second-order valence-corrected chi connectivity index (χ2v) is 11.2. The standard InChI is InChI=1S/C31H37N3O4/c1-19-11-7-10-14-25(19)27(28(35)33-24-16-15-22-12-8-9-13-23(22)18-24)34(26-17-20(26)2)29(36)21(3)32-30(37)38-31(4,5)6/h7-16,18,20-21,26-27H,17H2,1-6H3,(H,32,37)(H,33,35). The van der Waals surface area contributed by atoms with Crippen LogP contribution < -0.4 is 10.6 Å². The first kappa shape index (κ1) is 27.2. The molecule has 7 nitrogen and oxygen atoms in total. The van der Waals surface area contributed by atoms with Crippen LogP contribution in [0.15, 0.2) is 66.7 Å². The number of aryl methyl sites for hydroxylation is 1. The summed E-state index contributed by atoms with van der Waals surface area (Å²) in [4.78, 5) is 42.0. The summed E-state index contributed by atoms with van der Waals surface area (Å²) in [7, 11) is 0. The molecule has 38 heavy (non-hydrogen) atoms. The van der Waals surface area contributed by atoms with E-state index in [9.17, 15) is 14.4 Å². The summed E-state index contributed by atoms with van der Waals surface area (Å²) >= 11 is 0. The maximum atomic E-state index is 14.0. The van der Waals surface area contributed by atoms with Gasteiger partial charge in [0.15, 0.2) is 0 Å². The average molecular weight is 516 g/mol. The van der Waals surface area contributed by atoms with Crippen LogP contribution in [0, 0.1) is 12.8 Å². The third-order valence-electron chi connectivity index (χ3n) is 6.81. The van der Waals surface area contributed by atoms with E-state index in [1.807, 2.05) is 73.7 Å². The van der Waals surface area contributed by atoms with Gasteiger partial charge in [-0.15, -0.1) is 0 Å². The van der Waals surface area contributed by atoms with Gasteiger partial charge in [0.25, 0.3) is 5.91 Å². The summed E-state index contributed by atoms with van der Waals surface area (Å²) in [6.07, 6.45) is 0.117. The van der Waals surface area contributed by atoms with Crippen LogP contribution in [0.4, 0.5) is 10.5 Å². The maximum absolute atomic E-state index is 14.0. The third kappa shape index (κ3) is 6.33. The van der Waals surface area contributed by atoms with E-state index in [1.165, 1.54) is 0 Å². The van der Waals surface area contributed by atoms with E-state index in [1.54, 1.807) is 32.6 Å². The lowest BCUT2D eigenvalue weighted by molar-refractivity contribution is -0.141. The van der Waals surface area contributed by atoms with Crippen molar-refractivity contribution in [1.82, 2.24) is 10.2 Å². The number of fused-ring (bicyclic) bond motifs is 1. The highest BCUT2D eigenvalue weighted by Gasteiger charge is 2.47. The molecule has 2 N–H and O–H groups in total. The molecule has 0 heterocycles. The second-order valence-electron chi connectivity index (χ2n) is 11.2. The van der Waals surface area contributed by atoms with Gasteiger partial charge in [0, 0.05) is 11.7 Å². The summed E-state index contributed by atoms with van der Waals surface area (Å²) in [5, 5.41) is 7.80. The van der Waals surface area contributed by atoms with Gasteiger partial charge in [0.05, 0.1) is 0 Å². The van der Waals surface area contributed by atoms with Crippen LogP contribution >= 0.6 is 0 Å². The first-order chi connectivity index (χ1) is 17.9. The Morgan fingerprint density at radius 1 is 0.974 bits per heavy atom. The zero-order chi connectivity index (χ0) is 27.6. The quantitative estimate of drug-likeness (QED) is 0.405. The number of carbonyl (C=O) groups excluding carboxylic acids is 3. The Morgan fingerprint density at radius 3 is 2.24 bits per heavy atom. The van der Waals surface area contributed by atoms with Crippen LogP contribution in [-0.4, -0.2) is 40.5 Å². The molecule has 200 valence electrons. The Labute approximate surface area is 224 Å². The van der Waals surface area contributed by atoms with E-state index in [4.69, 9.17) is 4.74 Å². The highest BCUT2D eigenvalue weighted by atomic mass is 16.6. The highest BCUT2D eigenvalue weighted by Crippen LogP contribution is 2.41. The van der Waals surface area contributed by atoms with Crippen molar-refractivity contribution in [2.24, 2.45) is 5.92 Å². The highest BCUT2D eigenvalue weighted by molar-refractivity contribution is 6.00. The molecule has 0 bridgehead atoms. The van der Waals surface area contributed by atoms with Gasteiger partial charge >= 0.3 is 6.09 Å². The largest absolute Gasteiger partial charge is 0.444 e. The number of hydrogen-bond acceptors (Lipinski definition) is 4. The number of nitrogens with zero attached hydrogens (tertiary/aromatic N) is 1. The number of carbonyl (C=O) groups is 3. The van der Waals surface area contributed by atoms with Crippen molar-refractivity contribution in [3.8, 4) is 0 Å². The van der Waals surface area contributed by atoms with Gasteiger partial charge < -0.3 is 20.3 Å². The summed E-state index contributed by atoms with van der Waals surface area (Å²) in [6, 6.07) is 19.5. The van der Waals surface area contributed by atoms with Gasteiger partial charge in [0.2, 0.25) is 5.91 Å². The number of rotatable bonds is 7. The van der Waals surface area contributed by atoms with Crippen molar-refractivity contribution < 1.29 is 19.1 Å². The smallest absolute Gasteiger partial charge is 0.408 e. The van der Waals surface area contributed by atoms with Crippen LogP contribution in [0.1, 0.15) is 58.2 Å². The Kier molecular flexibility index (Phi) is 7.76. The fourth-order valence-electron chi connectivity index (χ4n) is 4.73. The van der Waals surface area contributed by atoms with Crippen molar-refractivity contribution in [2.75, 3.05) is 5.32 Å². The zero-order valence-corrected chi connectivity index (χ0v) is 22.9. The molecule has 7 heteroatoms. The summed E-state index contributed by atoms with van der Waals surface area (Å²) in [6.45, 7) is 10.9. The van der Waals surface area contributed by atoms with E-state index >= 15 is 0 Å². The zero-order valence-electron chi connectivity index (χ0n) is 22.9. The second kappa shape index (κ2) is 10.9. The van der Waals surface area contributed by atoms with Gasteiger partial charge in [0.1, 0.15) is 17.7 Å². The molecule has 4 atom stereocenters. The average Bonchev–Trinajstić information content (AvgIpc) is 3.57. The summed E-state index contributed by atoms with van der Waals surface area (Å²) in [5.41, 5.74) is 1.62. The van der Waals surface area contributed by atoms with E-state index in [-0.39, 0.29) is 23.8 Å². The normalized spacial score (nSPS) is 18.3. The minimum absolute atomic E-state index is 0.114. The van der Waals surface area contributed by atoms with E-state index in [0.717, 1.165) is 28.3 Å². The number of amides is 3. The Balaban J connectivity index is 1.67. The molecule has 1 aliphatic rings. The Hall–Kier alpha value is -3.87. The lowest BCUT2D eigenvalue weighted by atomic mass is 9.97. The van der Waals surface area contributed by atoms with Gasteiger partial charge in [-0.1, -0.05) is 61.5 Å². The van der Waals surface area contributed by atoms with Crippen molar-refractivity contribution >= 4 is 34.4 Å². The lowest BCUT2D eigenvalue weighted by Gasteiger charge is -2.35. The topological polar surface area (TPSA) is 87.7 Å². The third-order valence-corrected chi connectivity index (χ3v) is 6.81. The predicted octanol–water partition coefficient (Wildman–Crippen LogP) is 5.98. The molecule has 3 aromatic carbocycles. The van der Waals surface area contributed by atoms with Gasteiger partial charge in [-0.25, -0.2) is 4.79 Å². The maximum Gasteiger partial charge on any atom is 0.408 e. The van der Waals surface area contributed by atoms with Crippen molar-refractivity contribution in [1.29, 1.82) is 0 Å². The minimum Gasteiger partial charge on any atom is -0.444 e. The molecule has 1 aliphatic carbocycles. The van der Waals surface area contributed by atoms with Gasteiger partial charge in [-0.3, -0.25) is 9.59 Å². The van der Waals surface area contributed by atoms with Crippen LogP contribution in [0.25, 0.3) is 10.8 Å². The fourth-order valence-corrected chi connectivity index (χ4v) is 4.73. The molecule has 0 radical (unpaired) electrons. The van der Waals surface area contributed by atoms with Crippen LogP contribution in [0.3, 0.4) is 0 Å². The lowest BCUT2D eigenvalue weighted by Crippen LogP contribution is -2.52. The first-order valence-electron chi connectivity index (χ1n) is 13.1. The number of nitrogens with one attached hydrogen (secondary N) is 2. The monoisotopic (exact) mass is 515 g/mol. The van der Waals surface area contributed by atoms with Crippen molar-refractivity contribution in [3.63, 3.8) is 0 Å². The molecule has 1 saturated carbocycles. The first-order valence-corrected chi connectivity index (χ1v) is 13.1. The Bertz CT molecular complexity index is 1350.